The van der Waals surface area contributed by atoms with Gasteiger partial charge in [0.15, 0.2) is 22.0 Å². The van der Waals surface area contributed by atoms with E-state index in [1.54, 1.807) is 48.5 Å². The molecule has 1 aliphatic rings. The highest BCUT2D eigenvalue weighted by atomic mass is 16.6. The monoisotopic (exact) mass is 627 g/mol. The summed E-state index contributed by atoms with van der Waals surface area (Å²) in [6, 6.07) is 1.46. The van der Waals surface area contributed by atoms with Crippen molar-refractivity contribution in [3.05, 3.63) is 46.2 Å². The number of hydrogen-bond acceptors (Lipinski definition) is 13. The van der Waals surface area contributed by atoms with Gasteiger partial charge in [-0.25, -0.2) is 19.2 Å². The van der Waals surface area contributed by atoms with Crippen LogP contribution in [-0.2, 0) is 28.5 Å². The lowest BCUT2D eigenvalue weighted by molar-refractivity contribution is -0.153. The first-order valence-corrected chi connectivity index (χ1v) is 13.3. The minimum atomic E-state index is -1.81. The fourth-order valence-corrected chi connectivity index (χ4v) is 3.48. The summed E-state index contributed by atoms with van der Waals surface area (Å²) < 4.78 is 29.2. The fraction of sp³-hybridized carbons (Fsp3) is 0.607. The van der Waals surface area contributed by atoms with Gasteiger partial charge in [0.2, 0.25) is 0 Å². The van der Waals surface area contributed by atoms with Gasteiger partial charge < -0.3 is 44.3 Å². The number of aliphatic hydroxyl groups is 2. The van der Waals surface area contributed by atoms with E-state index >= 15 is 0 Å². The maximum atomic E-state index is 12.0. The third kappa shape index (κ3) is 10.4. The Morgan fingerprint density at radius 2 is 1.30 bits per heavy atom. The number of allylic oxidation sites excluding steroid dienone is 1. The van der Waals surface area contributed by atoms with Crippen molar-refractivity contribution in [2.45, 2.75) is 96.8 Å². The zero-order chi connectivity index (χ0) is 34.3. The zero-order valence-corrected chi connectivity index (χ0v) is 26.9. The van der Waals surface area contributed by atoms with Crippen LogP contribution in [0.15, 0.2) is 39.9 Å². The number of rotatable bonds is 8. The molecule has 0 unspecified atom stereocenters. The third-order valence-electron chi connectivity index (χ3n) is 5.62. The van der Waals surface area contributed by atoms with Crippen molar-refractivity contribution in [2.75, 3.05) is 14.2 Å². The lowest BCUT2D eigenvalue weighted by Crippen LogP contribution is -2.61. The lowest BCUT2D eigenvalue weighted by Gasteiger charge is -2.32. The van der Waals surface area contributed by atoms with Crippen molar-refractivity contribution in [3.63, 3.8) is 0 Å². The van der Waals surface area contributed by atoms with Crippen LogP contribution in [0, 0.1) is 11.5 Å². The minimum absolute atomic E-state index is 0.0361. The van der Waals surface area contributed by atoms with Crippen LogP contribution >= 0.6 is 0 Å². The van der Waals surface area contributed by atoms with Crippen LogP contribution in [-0.4, -0.2) is 82.1 Å². The Morgan fingerprint density at radius 3 is 1.61 bits per heavy atom. The number of carbonyl (C=O) groups excluding carboxylic acids is 4. The van der Waals surface area contributed by atoms with E-state index < -0.39 is 58.6 Å². The molecule has 246 valence electrons. The predicted octanol–water partition coefficient (Wildman–Crippen LogP) is 2.99. The molecule has 2 rings (SSSR count). The van der Waals surface area contributed by atoms with Crippen LogP contribution in [0.2, 0.25) is 0 Å². The lowest BCUT2D eigenvalue weighted by atomic mass is 9.92. The van der Waals surface area contributed by atoms with Crippen LogP contribution in [0.4, 0.5) is 9.59 Å². The molecule has 44 heavy (non-hydrogen) atoms. The number of nitrogens with one attached hydrogen (secondary N) is 2. The van der Waals surface area contributed by atoms with E-state index in [1.807, 2.05) is 0 Å². The van der Waals surface area contributed by atoms with Crippen molar-refractivity contribution in [1.29, 1.82) is 0 Å². The molecule has 0 bridgehead atoms. The molecule has 0 fully saturated rings. The van der Waals surface area contributed by atoms with Gasteiger partial charge in [-0.15, -0.1) is 0 Å². The smallest absolute Gasteiger partial charge is 0.408 e. The number of alkyl carbamates (subject to hydrolysis) is 2. The molecule has 0 aliphatic carbocycles. The number of hydrogen-bond donors (Lipinski definition) is 4. The molecule has 4 N–H and O–H groups in total. The molecule has 1 aliphatic heterocycles. The molecule has 0 saturated heterocycles. The van der Waals surface area contributed by atoms with Gasteiger partial charge in [0.1, 0.15) is 34.9 Å². The molecule has 1 aromatic rings. The summed E-state index contributed by atoms with van der Waals surface area (Å²) in [6.07, 6.45) is -3.36. The second-order valence-electron chi connectivity index (χ2n) is 12.0. The van der Waals surface area contributed by atoms with Gasteiger partial charge in [-0.05, 0) is 62.3 Å². The summed E-state index contributed by atoms with van der Waals surface area (Å²) >= 11 is 0. The highest BCUT2D eigenvalue weighted by molar-refractivity contribution is 5.87. The van der Waals surface area contributed by atoms with Crippen molar-refractivity contribution >= 4 is 24.1 Å². The molecule has 0 saturated carbocycles. The molecule has 1 aromatic heterocycles. The molecular formula is C28H43N4O12+. The highest BCUT2D eigenvalue weighted by Crippen LogP contribution is 2.28. The van der Waals surface area contributed by atoms with Crippen molar-refractivity contribution < 1.29 is 52.9 Å². The molecule has 2 heterocycles. The number of carbonyl (C=O) groups is 4. The zero-order valence-electron chi connectivity index (χ0n) is 26.9. The van der Waals surface area contributed by atoms with Gasteiger partial charge in [-0.3, -0.25) is 0 Å². The summed E-state index contributed by atoms with van der Waals surface area (Å²) in [5, 5.41) is 32.7. The summed E-state index contributed by atoms with van der Waals surface area (Å²) in [4.78, 5) is 47.9. The summed E-state index contributed by atoms with van der Waals surface area (Å²) in [6.45, 7) is 17.8. The maximum Gasteiger partial charge on any atom is 0.408 e. The van der Waals surface area contributed by atoms with E-state index in [4.69, 9.17) is 18.5 Å². The Morgan fingerprint density at radius 1 is 0.864 bits per heavy atom. The Hall–Kier alpha value is -4.31. The third-order valence-corrected chi connectivity index (χ3v) is 5.62. The molecule has 2 amide bonds. The second kappa shape index (κ2) is 14.4. The Labute approximate surface area is 255 Å². The molecule has 16 nitrogen and oxygen atoms in total. The molecule has 4 atom stereocenters. The van der Waals surface area contributed by atoms with Gasteiger partial charge in [0.25, 0.3) is 0 Å². The summed E-state index contributed by atoms with van der Waals surface area (Å²) in [5.74, 6) is -1.04. The van der Waals surface area contributed by atoms with E-state index in [0.29, 0.717) is 5.76 Å². The second-order valence-corrected chi connectivity index (χ2v) is 12.0. The van der Waals surface area contributed by atoms with E-state index in [-0.39, 0.29) is 17.2 Å². The molecule has 0 aromatic carbocycles. The number of esters is 2. The van der Waals surface area contributed by atoms with Crippen molar-refractivity contribution in [3.8, 4) is 0 Å². The molecule has 0 radical (unpaired) electrons. The Balaban J connectivity index is 0.000000440. The largest absolute Gasteiger partial charge is 0.467 e. The molecule has 0 spiro atoms. The fourth-order valence-electron chi connectivity index (χ4n) is 3.48. The average Bonchev–Trinajstić information content (AvgIpc) is 3.52. The summed E-state index contributed by atoms with van der Waals surface area (Å²) in [7, 11) is 2.29. The van der Waals surface area contributed by atoms with Gasteiger partial charge in [0, 0.05) is 12.6 Å². The first-order chi connectivity index (χ1) is 20.0. The normalized spacial score (nSPS) is 16.9. The standard InChI is InChI=1S/C14H22N2O6.C14H20N2O6/c2*1-8-7-9(16-22-8)10(17)14(5,11(18)20-6)15-12(19)21-13(2,3)4/h7,10,17H,1-6H3,(H,15,19);7,10,17H,1H2,2-6H3/p+1/t10-,14+;10-,14-/m10/s1. The summed E-state index contributed by atoms with van der Waals surface area (Å²) in [5.41, 5.74) is -4.96. The van der Waals surface area contributed by atoms with Crippen LogP contribution in [0.1, 0.15) is 72.9 Å². The van der Waals surface area contributed by atoms with E-state index in [9.17, 15) is 29.4 Å². The molecule has 16 heteroatoms. The molecular weight excluding hydrogens is 584 g/mol. The number of amides is 2. The topological polar surface area (TPSA) is 219 Å². The number of aliphatic hydroxyl groups excluding tert-OH is 2. The Bertz CT molecular complexity index is 1290. The quantitative estimate of drug-likeness (QED) is 0.186. The van der Waals surface area contributed by atoms with E-state index in [0.717, 1.165) is 14.2 Å². The van der Waals surface area contributed by atoms with E-state index in [1.165, 1.54) is 26.0 Å². The number of nitrogens with zero attached hydrogens (tertiary/aromatic N) is 2. The van der Waals surface area contributed by atoms with Gasteiger partial charge in [-0.1, -0.05) is 9.69 Å². The number of methoxy groups -OCH3 is 2. The van der Waals surface area contributed by atoms with Crippen molar-refractivity contribution in [1.82, 2.24) is 15.8 Å². The first kappa shape index (κ1) is 37.7. The number of ether oxygens (including phenoxy) is 4. The van der Waals surface area contributed by atoms with E-state index in [2.05, 4.69) is 37.0 Å². The number of nitroso groups, excluding NO2 is 1. The minimum Gasteiger partial charge on any atom is -0.467 e. The van der Waals surface area contributed by atoms with Crippen LogP contribution in [0.3, 0.4) is 0 Å². The van der Waals surface area contributed by atoms with Crippen molar-refractivity contribution in [2.24, 2.45) is 5.18 Å². The number of aromatic nitrogens is 1. The number of aryl methyl sites for hydroxylation is 1. The van der Waals surface area contributed by atoms with Gasteiger partial charge >= 0.3 is 29.9 Å². The van der Waals surface area contributed by atoms with Crippen LogP contribution in [0.25, 0.3) is 0 Å². The SMILES string of the molecule is C=C1C=C([C@H](O)[C@](C)(NC(=O)OC(C)(C)C)C(=O)OC)N=[O+]1.COC(=O)[C@@](C)(NC(=O)OC(C)(C)C)[C@H](O)c1cc(C)on1. The average molecular weight is 628 g/mol. The first-order valence-electron chi connectivity index (χ1n) is 13.3. The highest BCUT2D eigenvalue weighted by Gasteiger charge is 2.49. The van der Waals surface area contributed by atoms with Crippen LogP contribution < -0.4 is 10.6 Å². The van der Waals surface area contributed by atoms with Gasteiger partial charge in [-0.2, -0.15) is 0 Å². The van der Waals surface area contributed by atoms with Gasteiger partial charge in [0.05, 0.1) is 20.3 Å². The van der Waals surface area contributed by atoms with Crippen LogP contribution in [0.5, 0.6) is 0 Å². The predicted molar refractivity (Wildman–Crippen MR) is 155 cm³/mol. The Kier molecular flexibility index (Phi) is 12.4. The maximum absolute atomic E-state index is 12.0.